The number of hydrogen-bond donors (Lipinski definition) is 1. The van der Waals surface area contributed by atoms with E-state index in [1.165, 1.54) is 38.9 Å². The van der Waals surface area contributed by atoms with Gasteiger partial charge >= 0.3 is 0 Å². The first-order chi connectivity index (χ1) is 6.90. The van der Waals surface area contributed by atoms with Gasteiger partial charge in [0.1, 0.15) is 6.61 Å². The molecule has 2 fully saturated rings. The summed E-state index contributed by atoms with van der Waals surface area (Å²) in [6.07, 6.45) is 8.97. The number of nitrogens with one attached hydrogen (secondary N) is 1. The van der Waals surface area contributed by atoms with E-state index in [0.717, 1.165) is 5.92 Å². The van der Waals surface area contributed by atoms with Crippen LogP contribution >= 0.6 is 0 Å². The monoisotopic (exact) mass is 194 g/mol. The van der Waals surface area contributed by atoms with Gasteiger partial charge < -0.3 is 4.90 Å². The fraction of sp³-hybridized carbons (Fsp3) is 0.818. The molecular formula is C11H18N2O. The van der Waals surface area contributed by atoms with Crippen LogP contribution in [-0.2, 0) is 4.84 Å². The van der Waals surface area contributed by atoms with Gasteiger partial charge in [-0.05, 0) is 38.3 Å². The third-order valence-electron chi connectivity index (χ3n) is 3.26. The van der Waals surface area contributed by atoms with Crippen molar-refractivity contribution in [3.63, 3.8) is 0 Å². The summed E-state index contributed by atoms with van der Waals surface area (Å²) in [5.41, 5.74) is 3.11. The van der Waals surface area contributed by atoms with E-state index in [2.05, 4.69) is 16.3 Å². The molecule has 2 bridgehead atoms. The van der Waals surface area contributed by atoms with E-state index in [1.807, 2.05) is 0 Å². The number of nitrogens with zero attached hydrogens (tertiary/aromatic N) is 1. The highest BCUT2D eigenvalue weighted by Gasteiger charge is 2.31. The number of piperidine rings is 2. The largest absolute Gasteiger partial charge is 0.303 e. The van der Waals surface area contributed by atoms with E-state index in [1.54, 1.807) is 0 Å². The van der Waals surface area contributed by atoms with Crippen molar-refractivity contribution in [2.75, 3.05) is 26.2 Å². The van der Waals surface area contributed by atoms with Crippen molar-refractivity contribution in [1.29, 1.82) is 0 Å². The van der Waals surface area contributed by atoms with Gasteiger partial charge in [0.05, 0.1) is 0 Å². The summed E-state index contributed by atoms with van der Waals surface area (Å²) >= 11 is 0. The van der Waals surface area contributed by atoms with E-state index in [9.17, 15) is 0 Å². The molecule has 3 unspecified atom stereocenters. The zero-order chi connectivity index (χ0) is 9.80. The molecule has 2 heterocycles. The average molecular weight is 194 g/mol. The first kappa shape index (κ1) is 9.97. The average Bonchev–Trinajstić information content (AvgIpc) is 2.22. The zero-order valence-electron chi connectivity index (χ0n) is 8.54. The zero-order valence-corrected chi connectivity index (χ0v) is 8.54. The van der Waals surface area contributed by atoms with Crippen LogP contribution in [0.4, 0.5) is 0 Å². The Bertz CT molecular complexity index is 224. The van der Waals surface area contributed by atoms with Crippen LogP contribution < -0.4 is 5.48 Å². The minimum absolute atomic E-state index is 0.368. The van der Waals surface area contributed by atoms with Gasteiger partial charge in [0.2, 0.25) is 0 Å². The molecule has 3 nitrogen and oxygen atoms in total. The fourth-order valence-corrected chi connectivity index (χ4v) is 2.53. The Labute approximate surface area is 85.8 Å². The molecule has 0 amide bonds. The number of terminal acetylenes is 1. The van der Waals surface area contributed by atoms with Crippen LogP contribution in [0.25, 0.3) is 0 Å². The molecule has 0 aromatic rings. The Morgan fingerprint density at radius 1 is 1.43 bits per heavy atom. The molecule has 0 aromatic carbocycles. The lowest BCUT2D eigenvalue weighted by Crippen LogP contribution is -2.52. The van der Waals surface area contributed by atoms with Crippen LogP contribution in [0, 0.1) is 18.3 Å². The molecule has 0 aliphatic carbocycles. The van der Waals surface area contributed by atoms with Crippen LogP contribution in [0.2, 0.25) is 0 Å². The number of fused-ring (bicyclic) bond motifs is 2. The van der Waals surface area contributed by atoms with Gasteiger partial charge in [-0.25, -0.2) is 0 Å². The molecule has 14 heavy (non-hydrogen) atoms. The van der Waals surface area contributed by atoms with Gasteiger partial charge in [-0.1, -0.05) is 5.92 Å². The third-order valence-corrected chi connectivity index (χ3v) is 3.26. The predicted molar refractivity (Wildman–Crippen MR) is 55.5 cm³/mol. The maximum absolute atomic E-state index is 5.21. The Hall–Kier alpha value is -0.560. The highest BCUT2D eigenvalue weighted by atomic mass is 16.6. The fourth-order valence-electron chi connectivity index (χ4n) is 2.53. The van der Waals surface area contributed by atoms with Gasteiger partial charge in [-0.15, -0.1) is 6.42 Å². The number of hydroxylamine groups is 1. The molecule has 2 rings (SSSR count). The minimum Gasteiger partial charge on any atom is -0.303 e. The highest BCUT2D eigenvalue weighted by molar-refractivity contribution is 4.87. The first-order valence-electron chi connectivity index (χ1n) is 5.43. The molecule has 3 heteroatoms. The third kappa shape index (κ3) is 2.27. The van der Waals surface area contributed by atoms with Crippen molar-refractivity contribution in [3.05, 3.63) is 0 Å². The second kappa shape index (κ2) is 4.79. The van der Waals surface area contributed by atoms with E-state index in [0.29, 0.717) is 12.6 Å². The van der Waals surface area contributed by atoms with Crippen molar-refractivity contribution < 1.29 is 4.84 Å². The molecule has 1 N–H and O–H groups in total. The summed E-state index contributed by atoms with van der Waals surface area (Å²) in [5.74, 6) is 3.23. The van der Waals surface area contributed by atoms with Crippen molar-refractivity contribution in [2.45, 2.75) is 25.3 Å². The molecule has 0 saturated carbocycles. The number of rotatable bonds is 3. The summed E-state index contributed by atoms with van der Waals surface area (Å²) in [6.45, 7) is 4.09. The summed E-state index contributed by atoms with van der Waals surface area (Å²) in [7, 11) is 0. The molecular weight excluding hydrogens is 176 g/mol. The minimum atomic E-state index is 0.368. The van der Waals surface area contributed by atoms with Crippen LogP contribution in [0.5, 0.6) is 0 Å². The lowest BCUT2D eigenvalue weighted by atomic mass is 9.85. The van der Waals surface area contributed by atoms with Gasteiger partial charge in [0, 0.05) is 12.6 Å². The topological polar surface area (TPSA) is 24.5 Å². The smallest absolute Gasteiger partial charge is 0.128 e. The van der Waals surface area contributed by atoms with Crippen LogP contribution in [0.3, 0.4) is 0 Å². The molecule has 78 valence electrons. The van der Waals surface area contributed by atoms with E-state index in [4.69, 9.17) is 11.3 Å². The van der Waals surface area contributed by atoms with Crippen molar-refractivity contribution in [2.24, 2.45) is 5.92 Å². The first-order valence-corrected chi connectivity index (χ1v) is 5.43. The Morgan fingerprint density at radius 2 is 2.36 bits per heavy atom. The molecule has 0 spiro atoms. The molecule has 3 atom stereocenters. The standard InChI is InChI=1S/C11H18N2O/c1-2-8-14-12-11-5-7-13-6-3-4-10(11)9-13/h1,10-12H,3-9H2. The molecule has 2 saturated heterocycles. The van der Waals surface area contributed by atoms with Crippen molar-refractivity contribution in [1.82, 2.24) is 10.4 Å². The Balaban J connectivity index is 1.78. The van der Waals surface area contributed by atoms with E-state index < -0.39 is 0 Å². The second-order valence-electron chi connectivity index (χ2n) is 4.21. The van der Waals surface area contributed by atoms with Gasteiger partial charge in [-0.3, -0.25) is 4.84 Å². The van der Waals surface area contributed by atoms with Crippen LogP contribution in [0.15, 0.2) is 0 Å². The maximum Gasteiger partial charge on any atom is 0.128 e. The van der Waals surface area contributed by atoms with Crippen molar-refractivity contribution in [3.8, 4) is 12.3 Å². The predicted octanol–water partition coefficient (Wildman–Crippen LogP) is 0.625. The molecule has 0 radical (unpaired) electrons. The SMILES string of the molecule is C#CCONC1CCN2CCCC1C2. The van der Waals surface area contributed by atoms with E-state index in [-0.39, 0.29) is 0 Å². The second-order valence-corrected chi connectivity index (χ2v) is 4.21. The van der Waals surface area contributed by atoms with Crippen LogP contribution in [-0.4, -0.2) is 37.2 Å². The summed E-state index contributed by atoms with van der Waals surface area (Å²) < 4.78 is 0. The molecule has 2 aliphatic rings. The number of hydrogen-bond acceptors (Lipinski definition) is 3. The summed E-state index contributed by atoms with van der Waals surface area (Å²) in [4.78, 5) is 7.76. The highest BCUT2D eigenvalue weighted by Crippen LogP contribution is 2.26. The van der Waals surface area contributed by atoms with Gasteiger partial charge in [0.15, 0.2) is 0 Å². The molecule has 2 aliphatic heterocycles. The normalized spacial score (nSPS) is 36.4. The lowest BCUT2D eigenvalue weighted by Gasteiger charge is -2.42. The molecule has 0 aromatic heterocycles. The van der Waals surface area contributed by atoms with Crippen LogP contribution in [0.1, 0.15) is 19.3 Å². The Morgan fingerprint density at radius 3 is 3.21 bits per heavy atom. The van der Waals surface area contributed by atoms with Crippen molar-refractivity contribution >= 4 is 0 Å². The van der Waals surface area contributed by atoms with Gasteiger partial charge in [-0.2, -0.15) is 5.48 Å². The quantitative estimate of drug-likeness (QED) is 0.405. The summed E-state index contributed by atoms with van der Waals surface area (Å²) in [5, 5.41) is 0. The van der Waals surface area contributed by atoms with Gasteiger partial charge in [0.25, 0.3) is 0 Å². The summed E-state index contributed by atoms with van der Waals surface area (Å²) in [6, 6.07) is 0.514. The Kier molecular flexibility index (Phi) is 3.41. The maximum atomic E-state index is 5.21. The van der Waals surface area contributed by atoms with E-state index >= 15 is 0 Å². The lowest BCUT2D eigenvalue weighted by molar-refractivity contribution is -0.0182.